The number of nitrogens with zero attached hydrogens (tertiary/aromatic N) is 4. The van der Waals surface area contributed by atoms with Crippen LogP contribution in [0.5, 0.6) is 0 Å². The molecule has 1 saturated heterocycles. The molecule has 1 aliphatic rings. The van der Waals surface area contributed by atoms with E-state index in [1.165, 1.54) is 24.0 Å². The Hall–Kier alpha value is -2.39. The number of hydrogen-bond donors (Lipinski definition) is 2. The second-order valence-electron chi connectivity index (χ2n) is 7.57. The fourth-order valence-electron chi connectivity index (χ4n) is 4.09. The summed E-state index contributed by atoms with van der Waals surface area (Å²) in [7, 11) is 1.82. The van der Waals surface area contributed by atoms with Crippen molar-refractivity contribution < 1.29 is 0 Å². The highest BCUT2D eigenvalue weighted by molar-refractivity contribution is 14.0. The summed E-state index contributed by atoms with van der Waals surface area (Å²) in [4.78, 5) is 11.2. The van der Waals surface area contributed by atoms with Crippen molar-refractivity contribution in [1.82, 2.24) is 25.1 Å². The number of imidazole rings is 1. The molecule has 1 fully saturated rings. The molecule has 31 heavy (non-hydrogen) atoms. The lowest BCUT2D eigenvalue weighted by molar-refractivity contribution is 0.245. The predicted molar refractivity (Wildman–Crippen MR) is 137 cm³/mol. The van der Waals surface area contributed by atoms with E-state index < -0.39 is 0 Å². The topological polar surface area (TPSA) is 57.5 Å². The fraction of sp³-hybridized carbons (Fsp3) is 0.333. The van der Waals surface area contributed by atoms with Gasteiger partial charge in [0.1, 0.15) is 0 Å². The summed E-state index contributed by atoms with van der Waals surface area (Å²) >= 11 is 0. The van der Waals surface area contributed by atoms with E-state index in [9.17, 15) is 0 Å². The SMILES string of the molecule is CN=C(NCc1ccccc1-n1ccnc1)NCC(c1ccccc1)N1CCCC1.I. The lowest BCUT2D eigenvalue weighted by Crippen LogP contribution is -2.42. The van der Waals surface area contributed by atoms with Crippen LogP contribution in [0.3, 0.4) is 0 Å². The van der Waals surface area contributed by atoms with Crippen molar-refractivity contribution in [1.29, 1.82) is 0 Å². The minimum Gasteiger partial charge on any atom is -0.354 e. The summed E-state index contributed by atoms with van der Waals surface area (Å²) in [6.45, 7) is 3.83. The molecule has 6 nitrogen and oxygen atoms in total. The van der Waals surface area contributed by atoms with Gasteiger partial charge in [0, 0.05) is 32.5 Å². The van der Waals surface area contributed by atoms with E-state index in [1.807, 2.05) is 30.2 Å². The van der Waals surface area contributed by atoms with Gasteiger partial charge in [0.2, 0.25) is 0 Å². The van der Waals surface area contributed by atoms with Crippen molar-refractivity contribution in [2.45, 2.75) is 25.4 Å². The molecule has 3 aromatic rings. The predicted octanol–water partition coefficient (Wildman–Crippen LogP) is 3.99. The summed E-state index contributed by atoms with van der Waals surface area (Å²) in [6, 6.07) is 19.5. The third-order valence-electron chi connectivity index (χ3n) is 5.67. The van der Waals surface area contributed by atoms with Crippen LogP contribution in [-0.2, 0) is 6.54 Å². The van der Waals surface area contributed by atoms with Gasteiger partial charge in [-0.1, -0.05) is 48.5 Å². The highest BCUT2D eigenvalue weighted by Gasteiger charge is 2.23. The third kappa shape index (κ3) is 6.07. The average molecular weight is 530 g/mol. The lowest BCUT2D eigenvalue weighted by atomic mass is 10.1. The third-order valence-corrected chi connectivity index (χ3v) is 5.67. The minimum absolute atomic E-state index is 0. The molecule has 0 saturated carbocycles. The van der Waals surface area contributed by atoms with Crippen molar-refractivity contribution in [3.8, 4) is 5.69 Å². The lowest BCUT2D eigenvalue weighted by Gasteiger charge is -2.29. The summed E-state index contributed by atoms with van der Waals surface area (Å²) in [5, 5.41) is 7.02. The molecule has 0 aliphatic carbocycles. The maximum atomic E-state index is 4.44. The maximum absolute atomic E-state index is 4.44. The molecule has 1 aliphatic heterocycles. The summed E-state index contributed by atoms with van der Waals surface area (Å²) in [5.74, 6) is 0.815. The molecular formula is C24H31IN6. The molecule has 0 amide bonds. The van der Waals surface area contributed by atoms with Crippen LogP contribution in [0.15, 0.2) is 78.3 Å². The number of hydrogen-bond acceptors (Lipinski definition) is 3. The molecule has 2 aromatic carbocycles. The van der Waals surface area contributed by atoms with E-state index in [0.717, 1.165) is 31.3 Å². The Bertz CT molecular complexity index is 936. The Morgan fingerprint density at radius 2 is 1.77 bits per heavy atom. The molecule has 4 rings (SSSR count). The summed E-state index contributed by atoms with van der Waals surface area (Å²) in [6.07, 6.45) is 8.15. The number of rotatable bonds is 7. The Balaban J connectivity index is 0.00000272. The number of nitrogens with one attached hydrogen (secondary N) is 2. The standard InChI is InChI=1S/C24H30N6.HI/c1-25-24(27-17-21-11-5-6-12-22(21)30-16-13-26-19-30)28-18-23(29-14-7-8-15-29)20-9-3-2-4-10-20;/h2-6,9-13,16,19,23H,7-8,14-15,17-18H2,1H3,(H2,25,27,28);1H. The van der Waals surface area contributed by atoms with Gasteiger partial charge in [-0.2, -0.15) is 0 Å². The van der Waals surface area contributed by atoms with Crippen LogP contribution >= 0.6 is 24.0 Å². The molecule has 1 unspecified atom stereocenters. The van der Waals surface area contributed by atoms with Crippen LogP contribution in [0.4, 0.5) is 0 Å². The van der Waals surface area contributed by atoms with Gasteiger partial charge in [0.25, 0.3) is 0 Å². The highest BCUT2D eigenvalue weighted by Crippen LogP contribution is 2.24. The van der Waals surface area contributed by atoms with Crippen LogP contribution in [0.1, 0.15) is 30.0 Å². The number of likely N-dealkylation sites (tertiary alicyclic amines) is 1. The van der Waals surface area contributed by atoms with Gasteiger partial charge >= 0.3 is 0 Å². The Morgan fingerprint density at radius 1 is 1.03 bits per heavy atom. The zero-order valence-corrected chi connectivity index (χ0v) is 20.3. The summed E-state index contributed by atoms with van der Waals surface area (Å²) in [5.41, 5.74) is 3.67. The smallest absolute Gasteiger partial charge is 0.191 e. The zero-order valence-electron chi connectivity index (χ0n) is 17.9. The van der Waals surface area contributed by atoms with Crippen molar-refractivity contribution in [3.63, 3.8) is 0 Å². The number of aromatic nitrogens is 2. The van der Waals surface area contributed by atoms with Crippen LogP contribution in [0, 0.1) is 0 Å². The van der Waals surface area contributed by atoms with E-state index >= 15 is 0 Å². The van der Waals surface area contributed by atoms with Gasteiger partial charge < -0.3 is 15.2 Å². The molecule has 0 spiro atoms. The fourth-order valence-corrected chi connectivity index (χ4v) is 4.09. The number of halogens is 1. The number of para-hydroxylation sites is 1. The van der Waals surface area contributed by atoms with Crippen molar-refractivity contribution in [2.24, 2.45) is 4.99 Å². The van der Waals surface area contributed by atoms with Gasteiger partial charge in [-0.25, -0.2) is 4.98 Å². The highest BCUT2D eigenvalue weighted by atomic mass is 127. The first-order chi connectivity index (χ1) is 14.8. The number of guanidine groups is 1. The van der Waals surface area contributed by atoms with Crippen molar-refractivity contribution >= 4 is 29.9 Å². The minimum atomic E-state index is 0. The van der Waals surface area contributed by atoms with Crippen molar-refractivity contribution in [2.75, 3.05) is 26.7 Å². The molecular weight excluding hydrogens is 499 g/mol. The normalized spacial score (nSPS) is 15.3. The van der Waals surface area contributed by atoms with Gasteiger partial charge in [-0.3, -0.25) is 9.89 Å². The molecule has 164 valence electrons. The van der Waals surface area contributed by atoms with Crippen molar-refractivity contribution in [3.05, 3.63) is 84.4 Å². The Kier molecular flexibility index (Phi) is 8.90. The van der Waals surface area contributed by atoms with E-state index in [1.54, 1.807) is 6.20 Å². The van der Waals surface area contributed by atoms with E-state index in [4.69, 9.17) is 0 Å². The van der Waals surface area contributed by atoms with Gasteiger partial charge in [-0.15, -0.1) is 24.0 Å². The Morgan fingerprint density at radius 3 is 2.48 bits per heavy atom. The molecule has 2 heterocycles. The van der Waals surface area contributed by atoms with Gasteiger partial charge in [0.05, 0.1) is 18.1 Å². The second kappa shape index (κ2) is 11.9. The first kappa shape index (κ1) is 23.3. The van der Waals surface area contributed by atoms with Crippen LogP contribution in [0.2, 0.25) is 0 Å². The first-order valence-electron chi connectivity index (χ1n) is 10.6. The first-order valence-corrected chi connectivity index (χ1v) is 10.6. The number of benzene rings is 2. The Labute approximate surface area is 201 Å². The van der Waals surface area contributed by atoms with Crippen LogP contribution in [0.25, 0.3) is 5.69 Å². The molecule has 0 radical (unpaired) electrons. The van der Waals surface area contributed by atoms with Crippen LogP contribution in [-0.4, -0.2) is 47.1 Å². The maximum Gasteiger partial charge on any atom is 0.191 e. The molecule has 1 atom stereocenters. The monoisotopic (exact) mass is 530 g/mol. The molecule has 2 N–H and O–H groups in total. The van der Waals surface area contributed by atoms with E-state index in [0.29, 0.717) is 12.6 Å². The van der Waals surface area contributed by atoms with Gasteiger partial charge in [0.15, 0.2) is 5.96 Å². The number of aliphatic imine (C=N–C) groups is 1. The average Bonchev–Trinajstić information content (AvgIpc) is 3.52. The molecule has 0 bridgehead atoms. The van der Waals surface area contributed by atoms with E-state index in [2.05, 4.69) is 74.0 Å². The molecule has 1 aromatic heterocycles. The zero-order chi connectivity index (χ0) is 20.6. The van der Waals surface area contributed by atoms with E-state index in [-0.39, 0.29) is 24.0 Å². The molecule has 7 heteroatoms. The van der Waals surface area contributed by atoms with Gasteiger partial charge in [-0.05, 0) is 43.1 Å². The van der Waals surface area contributed by atoms with Crippen LogP contribution < -0.4 is 10.6 Å². The second-order valence-corrected chi connectivity index (χ2v) is 7.57. The largest absolute Gasteiger partial charge is 0.354 e. The summed E-state index contributed by atoms with van der Waals surface area (Å²) < 4.78 is 2.03. The quantitative estimate of drug-likeness (QED) is 0.276.